The number of nitrogens with zero attached hydrogens (tertiary/aromatic N) is 4. The summed E-state index contributed by atoms with van der Waals surface area (Å²) in [5.74, 6) is 1.46. The Hall–Kier alpha value is -4.13. The molecule has 0 fully saturated rings. The molecule has 0 amide bonds. The zero-order chi connectivity index (χ0) is 21.9. The number of benzene rings is 2. The lowest BCUT2D eigenvalue weighted by atomic mass is 9.96. The fourth-order valence-corrected chi connectivity index (χ4v) is 3.77. The summed E-state index contributed by atoms with van der Waals surface area (Å²) >= 11 is 0. The Morgan fingerprint density at radius 1 is 1.06 bits per heavy atom. The second kappa shape index (κ2) is 8.55. The Morgan fingerprint density at radius 2 is 1.94 bits per heavy atom. The highest BCUT2D eigenvalue weighted by Gasteiger charge is 2.29. The molecule has 160 valence electrons. The summed E-state index contributed by atoms with van der Waals surface area (Å²) in [5, 5.41) is 7.49. The van der Waals surface area contributed by atoms with Crippen molar-refractivity contribution in [3.63, 3.8) is 0 Å². The second-order valence-corrected chi connectivity index (χ2v) is 7.61. The third kappa shape index (κ3) is 3.80. The molecule has 4 aromatic rings. The van der Waals surface area contributed by atoms with Gasteiger partial charge in [0.15, 0.2) is 0 Å². The van der Waals surface area contributed by atoms with Gasteiger partial charge in [-0.15, -0.1) is 0 Å². The predicted octanol–water partition coefficient (Wildman–Crippen LogP) is 5.37. The van der Waals surface area contributed by atoms with E-state index in [1.54, 1.807) is 12.5 Å². The van der Waals surface area contributed by atoms with Gasteiger partial charge in [-0.1, -0.05) is 47.6 Å². The van der Waals surface area contributed by atoms with Gasteiger partial charge in [0.1, 0.15) is 18.4 Å². The van der Waals surface area contributed by atoms with Gasteiger partial charge in [-0.25, -0.2) is 9.97 Å². The molecule has 1 atom stereocenters. The van der Waals surface area contributed by atoms with Gasteiger partial charge in [0.05, 0.1) is 5.69 Å². The maximum Gasteiger partial charge on any atom is 0.237 e. The van der Waals surface area contributed by atoms with Crippen molar-refractivity contribution in [3.05, 3.63) is 102 Å². The molecule has 0 bridgehead atoms. The van der Waals surface area contributed by atoms with Crippen LogP contribution in [0.15, 0.2) is 84.1 Å². The molecule has 3 heterocycles. The van der Waals surface area contributed by atoms with E-state index in [0.717, 1.165) is 39.3 Å². The molecular formula is C25H23N5O2. The lowest BCUT2D eigenvalue weighted by Crippen LogP contribution is -2.20. The molecule has 0 aliphatic carbocycles. The van der Waals surface area contributed by atoms with Crippen molar-refractivity contribution in [2.24, 2.45) is 0 Å². The fourth-order valence-electron chi connectivity index (χ4n) is 3.77. The highest BCUT2D eigenvalue weighted by Crippen LogP contribution is 2.37. The van der Waals surface area contributed by atoms with Gasteiger partial charge in [-0.3, -0.25) is 4.90 Å². The minimum Gasteiger partial charge on any atom is -0.472 e. The molecule has 7 nitrogen and oxygen atoms in total. The number of ether oxygens (including phenoxy) is 1. The standard InChI is InChI=1S/C25H23N5O2/c1-17-18(2)29-32-24(17)30-12-13-31-25(30)20-8-9-22(19-6-4-3-5-7-19)21(14-20)15-27-23-10-11-26-16-28-23/h3-14,16,25H,15H2,1-2H3,(H,26,27,28). The quantitative estimate of drug-likeness (QED) is 0.445. The van der Waals surface area contributed by atoms with Crippen LogP contribution in [0.25, 0.3) is 11.1 Å². The summed E-state index contributed by atoms with van der Waals surface area (Å²) in [6, 6.07) is 18.6. The SMILES string of the molecule is Cc1noc(N2C=COC2c2ccc(-c3ccccc3)c(CNc3ccncn3)c2)c1C. The van der Waals surface area contributed by atoms with Gasteiger partial charge in [-0.2, -0.15) is 0 Å². The van der Waals surface area contributed by atoms with E-state index >= 15 is 0 Å². The minimum atomic E-state index is -0.330. The van der Waals surface area contributed by atoms with Crippen LogP contribution in [-0.2, 0) is 11.3 Å². The highest BCUT2D eigenvalue weighted by molar-refractivity contribution is 5.68. The van der Waals surface area contributed by atoms with Gasteiger partial charge in [0.25, 0.3) is 0 Å². The zero-order valence-electron chi connectivity index (χ0n) is 17.9. The summed E-state index contributed by atoms with van der Waals surface area (Å²) in [7, 11) is 0. The Bertz CT molecular complexity index is 1240. The number of nitrogens with one attached hydrogen (secondary N) is 1. The number of aryl methyl sites for hydroxylation is 1. The molecule has 32 heavy (non-hydrogen) atoms. The smallest absolute Gasteiger partial charge is 0.237 e. The molecule has 1 unspecified atom stereocenters. The van der Waals surface area contributed by atoms with Crippen LogP contribution in [0.4, 0.5) is 11.7 Å². The fraction of sp³-hybridized carbons (Fsp3) is 0.160. The molecule has 1 N–H and O–H groups in total. The van der Waals surface area contributed by atoms with Crippen LogP contribution in [0.2, 0.25) is 0 Å². The van der Waals surface area contributed by atoms with Crippen LogP contribution >= 0.6 is 0 Å². The molecule has 7 heteroatoms. The van der Waals surface area contributed by atoms with Gasteiger partial charge >= 0.3 is 0 Å². The maximum absolute atomic E-state index is 5.95. The van der Waals surface area contributed by atoms with E-state index in [-0.39, 0.29) is 6.23 Å². The number of hydrogen-bond acceptors (Lipinski definition) is 7. The summed E-state index contributed by atoms with van der Waals surface area (Å²) < 4.78 is 11.5. The van der Waals surface area contributed by atoms with Crippen molar-refractivity contribution in [2.45, 2.75) is 26.6 Å². The van der Waals surface area contributed by atoms with Gasteiger partial charge in [0, 0.05) is 30.1 Å². The first-order valence-electron chi connectivity index (χ1n) is 10.4. The predicted molar refractivity (Wildman–Crippen MR) is 123 cm³/mol. The molecule has 2 aromatic heterocycles. The van der Waals surface area contributed by atoms with Crippen LogP contribution in [0, 0.1) is 13.8 Å². The summed E-state index contributed by atoms with van der Waals surface area (Å²) in [5.41, 5.74) is 6.32. The molecule has 1 aliphatic rings. The Kier molecular flexibility index (Phi) is 5.29. The molecule has 0 saturated carbocycles. The first-order chi connectivity index (χ1) is 15.7. The Balaban J connectivity index is 1.50. The third-order valence-electron chi connectivity index (χ3n) is 5.59. The van der Waals surface area contributed by atoms with Crippen molar-refractivity contribution < 1.29 is 9.26 Å². The molecule has 0 saturated heterocycles. The minimum absolute atomic E-state index is 0.330. The van der Waals surface area contributed by atoms with Gasteiger partial charge < -0.3 is 14.6 Å². The lowest BCUT2D eigenvalue weighted by molar-refractivity contribution is 0.169. The van der Waals surface area contributed by atoms with Crippen LogP contribution in [0.5, 0.6) is 0 Å². The zero-order valence-corrected chi connectivity index (χ0v) is 17.9. The Morgan fingerprint density at radius 3 is 2.69 bits per heavy atom. The Labute approximate surface area is 186 Å². The summed E-state index contributed by atoms with van der Waals surface area (Å²) in [6.45, 7) is 4.54. The first kappa shape index (κ1) is 19.8. The van der Waals surface area contributed by atoms with E-state index in [4.69, 9.17) is 9.26 Å². The van der Waals surface area contributed by atoms with Crippen molar-refractivity contribution >= 4 is 11.7 Å². The van der Waals surface area contributed by atoms with E-state index in [0.29, 0.717) is 12.4 Å². The van der Waals surface area contributed by atoms with Crippen molar-refractivity contribution in [3.8, 4) is 11.1 Å². The third-order valence-corrected chi connectivity index (χ3v) is 5.59. The molecule has 5 rings (SSSR count). The van der Waals surface area contributed by atoms with Crippen LogP contribution in [0.1, 0.15) is 28.6 Å². The van der Waals surface area contributed by atoms with Gasteiger partial charge in [0.2, 0.25) is 12.1 Å². The van der Waals surface area contributed by atoms with Crippen LogP contribution < -0.4 is 10.2 Å². The average molecular weight is 425 g/mol. The topological polar surface area (TPSA) is 76.3 Å². The molecule has 1 aliphatic heterocycles. The molecule has 2 aromatic carbocycles. The summed E-state index contributed by atoms with van der Waals surface area (Å²) in [4.78, 5) is 10.2. The maximum atomic E-state index is 5.95. The number of aromatic nitrogens is 3. The normalized spacial score (nSPS) is 15.1. The second-order valence-electron chi connectivity index (χ2n) is 7.61. The molecule has 0 radical (unpaired) electrons. The van der Waals surface area contributed by atoms with E-state index in [1.807, 2.05) is 49.2 Å². The van der Waals surface area contributed by atoms with E-state index in [1.165, 1.54) is 6.33 Å². The largest absolute Gasteiger partial charge is 0.472 e. The van der Waals surface area contributed by atoms with Crippen LogP contribution in [0.3, 0.4) is 0 Å². The molecular weight excluding hydrogens is 402 g/mol. The van der Waals surface area contributed by atoms with Crippen LogP contribution in [-0.4, -0.2) is 15.1 Å². The number of anilines is 2. The van der Waals surface area contributed by atoms with E-state index in [2.05, 4.69) is 50.8 Å². The van der Waals surface area contributed by atoms with Crippen molar-refractivity contribution in [2.75, 3.05) is 10.2 Å². The van der Waals surface area contributed by atoms with E-state index < -0.39 is 0 Å². The summed E-state index contributed by atoms with van der Waals surface area (Å²) in [6.07, 6.45) is 6.49. The number of hydrogen-bond donors (Lipinski definition) is 1. The van der Waals surface area contributed by atoms with Gasteiger partial charge in [-0.05, 0) is 42.7 Å². The molecule has 0 spiro atoms. The monoisotopic (exact) mass is 425 g/mol. The number of rotatable bonds is 6. The van der Waals surface area contributed by atoms with E-state index in [9.17, 15) is 0 Å². The van der Waals surface area contributed by atoms with Crippen molar-refractivity contribution in [1.29, 1.82) is 0 Å². The van der Waals surface area contributed by atoms with Crippen molar-refractivity contribution in [1.82, 2.24) is 15.1 Å². The lowest BCUT2D eigenvalue weighted by Gasteiger charge is -2.23. The first-order valence-corrected chi connectivity index (χ1v) is 10.4. The highest BCUT2D eigenvalue weighted by atomic mass is 16.5. The average Bonchev–Trinajstić information content (AvgIpc) is 3.45.